The summed E-state index contributed by atoms with van der Waals surface area (Å²) in [5.41, 5.74) is 0.830. The Hall–Kier alpha value is -2.04. The minimum absolute atomic E-state index is 0.147. The first-order valence-electron chi connectivity index (χ1n) is 8.57. The van der Waals surface area contributed by atoms with E-state index in [1.54, 1.807) is 19.2 Å². The number of carbonyl (C=O) groups excluding carboxylic acids is 2. The van der Waals surface area contributed by atoms with Gasteiger partial charge in [-0.1, -0.05) is 38.8 Å². The number of amides is 1. The van der Waals surface area contributed by atoms with E-state index < -0.39 is 5.97 Å². The van der Waals surface area contributed by atoms with Crippen LogP contribution in [-0.4, -0.2) is 31.6 Å². The molecule has 0 aliphatic heterocycles. The molecule has 2 rings (SSSR count). The van der Waals surface area contributed by atoms with Gasteiger partial charge < -0.3 is 14.8 Å². The second-order valence-corrected chi connectivity index (χ2v) is 6.63. The Morgan fingerprint density at radius 2 is 1.88 bits per heavy atom. The average Bonchev–Trinajstić information content (AvgIpc) is 2.58. The van der Waals surface area contributed by atoms with Gasteiger partial charge in [-0.2, -0.15) is 0 Å². The molecule has 0 spiro atoms. The summed E-state index contributed by atoms with van der Waals surface area (Å²) in [7, 11) is 1.59. The van der Waals surface area contributed by atoms with Gasteiger partial charge in [0, 0.05) is 6.04 Å². The Bertz CT molecular complexity index is 555. The van der Waals surface area contributed by atoms with Gasteiger partial charge in [-0.05, 0) is 36.0 Å². The zero-order valence-corrected chi connectivity index (χ0v) is 14.7. The molecule has 1 amide bonds. The Morgan fingerprint density at radius 3 is 2.54 bits per heavy atom. The van der Waals surface area contributed by atoms with E-state index in [1.165, 1.54) is 6.42 Å². The highest BCUT2D eigenvalue weighted by Gasteiger charge is 2.28. The molecule has 3 atom stereocenters. The number of benzene rings is 1. The summed E-state index contributed by atoms with van der Waals surface area (Å²) in [5, 5.41) is 3.00. The highest BCUT2D eigenvalue weighted by atomic mass is 16.5. The van der Waals surface area contributed by atoms with E-state index in [4.69, 9.17) is 9.47 Å². The van der Waals surface area contributed by atoms with Gasteiger partial charge in [-0.15, -0.1) is 0 Å². The maximum Gasteiger partial charge on any atom is 0.310 e. The zero-order chi connectivity index (χ0) is 17.5. The fourth-order valence-corrected chi connectivity index (χ4v) is 3.14. The summed E-state index contributed by atoms with van der Waals surface area (Å²) in [5.74, 6) is 1.19. The first-order chi connectivity index (χ1) is 11.5. The molecule has 132 valence electrons. The molecule has 1 saturated carbocycles. The lowest BCUT2D eigenvalue weighted by atomic mass is 9.78. The fraction of sp³-hybridized carbons (Fsp3) is 0.579. The molecule has 24 heavy (non-hydrogen) atoms. The maximum atomic E-state index is 12.0. The smallest absolute Gasteiger partial charge is 0.310 e. The molecule has 1 fully saturated rings. The Labute approximate surface area is 143 Å². The standard InChI is InChI=1S/C19H27NO4/c1-13-5-4-6-17(14(13)2)20-18(21)12-24-19(22)11-15-7-9-16(23-3)10-8-15/h7-10,13-14,17H,4-6,11-12H2,1-3H3,(H,20,21)/t13-,14-,17-/m1/s1. The number of carbonyl (C=O) groups is 2. The largest absolute Gasteiger partial charge is 0.497 e. The zero-order valence-electron chi connectivity index (χ0n) is 14.7. The second kappa shape index (κ2) is 8.71. The first-order valence-corrected chi connectivity index (χ1v) is 8.57. The summed E-state index contributed by atoms with van der Waals surface area (Å²) in [6.07, 6.45) is 3.49. The van der Waals surface area contributed by atoms with Crippen LogP contribution in [0.1, 0.15) is 38.7 Å². The summed E-state index contributed by atoms with van der Waals surface area (Å²) in [4.78, 5) is 23.8. The van der Waals surface area contributed by atoms with Crippen LogP contribution in [0.4, 0.5) is 0 Å². The van der Waals surface area contributed by atoms with E-state index in [1.807, 2.05) is 12.1 Å². The molecule has 0 radical (unpaired) electrons. The lowest BCUT2D eigenvalue weighted by Crippen LogP contribution is -2.45. The summed E-state index contributed by atoms with van der Waals surface area (Å²) >= 11 is 0. The van der Waals surface area contributed by atoms with Crippen LogP contribution in [0.2, 0.25) is 0 Å². The van der Waals surface area contributed by atoms with E-state index >= 15 is 0 Å². The number of hydrogen-bond donors (Lipinski definition) is 1. The van der Waals surface area contributed by atoms with Crippen molar-refractivity contribution >= 4 is 11.9 Å². The van der Waals surface area contributed by atoms with Crippen LogP contribution in [0.3, 0.4) is 0 Å². The quantitative estimate of drug-likeness (QED) is 0.813. The van der Waals surface area contributed by atoms with Crippen molar-refractivity contribution in [2.45, 2.75) is 45.6 Å². The summed E-state index contributed by atoms with van der Waals surface area (Å²) in [6, 6.07) is 7.39. The molecule has 5 heteroatoms. The monoisotopic (exact) mass is 333 g/mol. The third kappa shape index (κ3) is 5.25. The van der Waals surface area contributed by atoms with Crippen LogP contribution in [0.5, 0.6) is 5.75 Å². The van der Waals surface area contributed by atoms with Crippen LogP contribution in [0, 0.1) is 11.8 Å². The predicted molar refractivity (Wildman–Crippen MR) is 91.8 cm³/mol. The predicted octanol–water partition coefficient (Wildman–Crippen LogP) is 2.72. The molecular weight excluding hydrogens is 306 g/mol. The molecular formula is C19H27NO4. The Balaban J connectivity index is 1.73. The summed E-state index contributed by atoms with van der Waals surface area (Å²) in [6.45, 7) is 4.18. The third-order valence-corrected chi connectivity index (χ3v) is 4.92. The summed E-state index contributed by atoms with van der Waals surface area (Å²) < 4.78 is 10.2. The SMILES string of the molecule is COc1ccc(CC(=O)OCC(=O)N[C@@H]2CCC[C@@H](C)[C@H]2C)cc1. The first kappa shape index (κ1) is 18.3. The molecule has 0 aromatic heterocycles. The van der Waals surface area contributed by atoms with E-state index in [0.29, 0.717) is 11.8 Å². The van der Waals surface area contributed by atoms with Gasteiger partial charge in [0.2, 0.25) is 0 Å². The van der Waals surface area contributed by atoms with E-state index in [2.05, 4.69) is 19.2 Å². The number of hydrogen-bond acceptors (Lipinski definition) is 4. The van der Waals surface area contributed by atoms with E-state index in [9.17, 15) is 9.59 Å². The van der Waals surface area contributed by atoms with Crippen molar-refractivity contribution in [2.24, 2.45) is 11.8 Å². The number of ether oxygens (including phenoxy) is 2. The van der Waals surface area contributed by atoms with Crippen molar-refractivity contribution in [2.75, 3.05) is 13.7 Å². The van der Waals surface area contributed by atoms with Gasteiger partial charge in [-0.3, -0.25) is 9.59 Å². The van der Waals surface area contributed by atoms with Crippen molar-refractivity contribution in [3.8, 4) is 5.75 Å². The highest BCUT2D eigenvalue weighted by Crippen LogP contribution is 2.29. The molecule has 0 heterocycles. The minimum Gasteiger partial charge on any atom is -0.497 e. The molecule has 5 nitrogen and oxygen atoms in total. The molecule has 1 aromatic carbocycles. The van der Waals surface area contributed by atoms with Gasteiger partial charge in [0.1, 0.15) is 5.75 Å². The molecule has 1 aliphatic carbocycles. The minimum atomic E-state index is -0.402. The molecule has 0 unspecified atom stereocenters. The van der Waals surface area contributed by atoms with Crippen LogP contribution in [-0.2, 0) is 20.7 Å². The van der Waals surface area contributed by atoms with Crippen LogP contribution in [0.15, 0.2) is 24.3 Å². The lowest BCUT2D eigenvalue weighted by Gasteiger charge is -2.34. The van der Waals surface area contributed by atoms with Crippen LogP contribution >= 0.6 is 0 Å². The molecule has 1 aromatic rings. The van der Waals surface area contributed by atoms with Gasteiger partial charge in [0.15, 0.2) is 6.61 Å². The highest BCUT2D eigenvalue weighted by molar-refractivity contribution is 5.81. The van der Waals surface area contributed by atoms with Crippen LogP contribution < -0.4 is 10.1 Å². The van der Waals surface area contributed by atoms with E-state index in [0.717, 1.165) is 24.2 Å². The Morgan fingerprint density at radius 1 is 1.17 bits per heavy atom. The maximum absolute atomic E-state index is 12.0. The van der Waals surface area contributed by atoms with Gasteiger partial charge in [0.25, 0.3) is 5.91 Å². The van der Waals surface area contributed by atoms with Gasteiger partial charge in [-0.25, -0.2) is 0 Å². The fourth-order valence-electron chi connectivity index (χ4n) is 3.14. The molecule has 1 aliphatic rings. The van der Waals surface area contributed by atoms with Crippen molar-refractivity contribution in [3.63, 3.8) is 0 Å². The number of rotatable bonds is 6. The average molecular weight is 333 g/mol. The van der Waals surface area contributed by atoms with Crippen molar-refractivity contribution in [1.82, 2.24) is 5.32 Å². The molecule has 1 N–H and O–H groups in total. The number of nitrogens with one attached hydrogen (secondary N) is 1. The molecule has 0 saturated heterocycles. The lowest BCUT2D eigenvalue weighted by molar-refractivity contribution is -0.148. The van der Waals surface area contributed by atoms with Crippen molar-refractivity contribution in [1.29, 1.82) is 0 Å². The topological polar surface area (TPSA) is 64.6 Å². The van der Waals surface area contributed by atoms with Crippen molar-refractivity contribution < 1.29 is 19.1 Å². The second-order valence-electron chi connectivity index (χ2n) is 6.63. The van der Waals surface area contributed by atoms with Gasteiger partial charge in [0.05, 0.1) is 13.5 Å². The molecule has 0 bridgehead atoms. The van der Waals surface area contributed by atoms with Crippen LogP contribution in [0.25, 0.3) is 0 Å². The Kier molecular flexibility index (Phi) is 6.64. The normalized spacial score (nSPS) is 23.4. The van der Waals surface area contributed by atoms with E-state index in [-0.39, 0.29) is 25.0 Å². The van der Waals surface area contributed by atoms with Crippen molar-refractivity contribution in [3.05, 3.63) is 29.8 Å². The number of esters is 1. The third-order valence-electron chi connectivity index (χ3n) is 4.92. The van der Waals surface area contributed by atoms with Gasteiger partial charge >= 0.3 is 5.97 Å². The number of methoxy groups -OCH3 is 1.